The molecule has 132 valence electrons. The highest BCUT2D eigenvalue weighted by Gasteiger charge is 2.32. The number of benzene rings is 1. The number of carbonyl (C=O) groups excluding carboxylic acids is 1. The summed E-state index contributed by atoms with van der Waals surface area (Å²) in [6.45, 7) is 2.24. The van der Waals surface area contributed by atoms with Gasteiger partial charge in [-0.05, 0) is 38.7 Å². The largest absolute Gasteiger partial charge is 0.490 e. The Kier molecular flexibility index (Phi) is 4.07. The van der Waals surface area contributed by atoms with Crippen LogP contribution in [0.3, 0.4) is 0 Å². The molecule has 1 saturated carbocycles. The number of hydrogen-bond donors (Lipinski definition) is 2. The number of amides is 2. The third kappa shape index (κ3) is 3.18. The van der Waals surface area contributed by atoms with Crippen LogP contribution in [0.25, 0.3) is 0 Å². The lowest BCUT2D eigenvalue weighted by Gasteiger charge is -2.19. The summed E-state index contributed by atoms with van der Waals surface area (Å²) in [5.41, 5.74) is 1.97. The topological polar surface area (TPSA) is 76.4 Å². The second-order valence-electron chi connectivity index (χ2n) is 6.58. The molecule has 1 aromatic carbocycles. The third-order valence-corrected chi connectivity index (χ3v) is 4.64. The Labute approximate surface area is 144 Å². The van der Waals surface area contributed by atoms with Crippen molar-refractivity contribution < 1.29 is 18.4 Å². The Bertz CT molecular complexity index is 801. The zero-order valence-electron chi connectivity index (χ0n) is 14.0. The van der Waals surface area contributed by atoms with E-state index in [0.29, 0.717) is 35.9 Å². The monoisotopic (exact) mass is 345 g/mol. The fourth-order valence-corrected chi connectivity index (χ4v) is 3.19. The van der Waals surface area contributed by atoms with Gasteiger partial charge in [0.1, 0.15) is 11.4 Å². The van der Waals surface area contributed by atoms with Gasteiger partial charge in [-0.25, -0.2) is 9.18 Å². The number of nitrogens with one attached hydrogen (secondary N) is 2. The SMILES string of the molecule is Cc1noc(C2CC2)c1NC(=O)N[C@@H]1CCCOc2c(F)cccc21. The molecule has 4 rings (SSSR count). The molecule has 7 heteroatoms. The predicted molar refractivity (Wildman–Crippen MR) is 89.2 cm³/mol. The molecular formula is C18H20FN3O3. The lowest BCUT2D eigenvalue weighted by molar-refractivity contribution is 0.247. The molecule has 2 N–H and O–H groups in total. The predicted octanol–water partition coefficient (Wildman–Crippen LogP) is 4.03. The number of urea groups is 1. The van der Waals surface area contributed by atoms with E-state index >= 15 is 0 Å². The molecule has 1 aliphatic carbocycles. The van der Waals surface area contributed by atoms with Crippen LogP contribution >= 0.6 is 0 Å². The van der Waals surface area contributed by atoms with Gasteiger partial charge in [0.05, 0.1) is 12.6 Å². The third-order valence-electron chi connectivity index (χ3n) is 4.64. The molecule has 2 aliphatic rings. The minimum atomic E-state index is -0.405. The molecule has 25 heavy (non-hydrogen) atoms. The Morgan fingerprint density at radius 1 is 1.32 bits per heavy atom. The van der Waals surface area contributed by atoms with Crippen molar-refractivity contribution in [3.05, 3.63) is 41.0 Å². The summed E-state index contributed by atoms with van der Waals surface area (Å²) in [7, 11) is 0. The first-order chi connectivity index (χ1) is 12.1. The van der Waals surface area contributed by atoms with Crippen molar-refractivity contribution in [2.24, 2.45) is 0 Å². The molecule has 1 aromatic heterocycles. The molecule has 0 spiro atoms. The van der Waals surface area contributed by atoms with Gasteiger partial charge in [0, 0.05) is 11.5 Å². The average molecular weight is 345 g/mol. The van der Waals surface area contributed by atoms with E-state index in [1.165, 1.54) is 6.07 Å². The van der Waals surface area contributed by atoms with E-state index < -0.39 is 5.82 Å². The number of rotatable bonds is 3. The summed E-state index contributed by atoms with van der Waals surface area (Å²) in [4.78, 5) is 12.5. The first-order valence-corrected chi connectivity index (χ1v) is 8.58. The van der Waals surface area contributed by atoms with Crippen molar-refractivity contribution in [3.8, 4) is 5.75 Å². The molecule has 2 aromatic rings. The van der Waals surface area contributed by atoms with E-state index in [4.69, 9.17) is 9.26 Å². The standard InChI is InChI=1S/C18H20FN3O3/c1-10-15(16(25-22-10)11-7-8-11)21-18(23)20-14-6-3-9-24-17-12(14)4-2-5-13(17)19/h2,4-5,11,14H,3,6-9H2,1H3,(H2,20,21,23)/t14-/m1/s1. The number of hydrogen-bond acceptors (Lipinski definition) is 4. The van der Waals surface area contributed by atoms with Crippen LogP contribution in [-0.2, 0) is 0 Å². The van der Waals surface area contributed by atoms with E-state index in [2.05, 4.69) is 15.8 Å². The molecule has 1 fully saturated rings. The quantitative estimate of drug-likeness (QED) is 0.880. The van der Waals surface area contributed by atoms with Crippen LogP contribution in [0.15, 0.2) is 22.7 Å². The minimum Gasteiger partial charge on any atom is -0.490 e. The lowest BCUT2D eigenvalue weighted by atomic mass is 10.0. The van der Waals surface area contributed by atoms with Crippen molar-refractivity contribution in [1.29, 1.82) is 0 Å². The zero-order valence-corrected chi connectivity index (χ0v) is 14.0. The molecule has 1 atom stereocenters. The van der Waals surface area contributed by atoms with Crippen molar-refractivity contribution >= 4 is 11.7 Å². The number of aryl methyl sites for hydroxylation is 1. The fraction of sp³-hybridized carbons (Fsp3) is 0.444. The molecule has 2 heterocycles. The maximum Gasteiger partial charge on any atom is 0.319 e. The highest BCUT2D eigenvalue weighted by atomic mass is 19.1. The summed E-state index contributed by atoms with van der Waals surface area (Å²) < 4.78 is 24.8. The normalized spacial score (nSPS) is 19.5. The molecule has 0 unspecified atom stereocenters. The molecule has 0 radical (unpaired) electrons. The zero-order chi connectivity index (χ0) is 17.4. The Balaban J connectivity index is 1.52. The van der Waals surface area contributed by atoms with Gasteiger partial charge in [-0.15, -0.1) is 0 Å². The number of ether oxygens (including phenoxy) is 1. The number of aromatic nitrogens is 1. The number of nitrogens with zero attached hydrogens (tertiary/aromatic N) is 1. The first kappa shape index (κ1) is 15.9. The van der Waals surface area contributed by atoms with Gasteiger partial charge < -0.3 is 19.9 Å². The Morgan fingerprint density at radius 3 is 2.96 bits per heavy atom. The van der Waals surface area contributed by atoms with Crippen LogP contribution in [0.1, 0.15) is 54.7 Å². The maximum absolute atomic E-state index is 14.0. The van der Waals surface area contributed by atoms with Crippen LogP contribution in [0.5, 0.6) is 5.75 Å². The van der Waals surface area contributed by atoms with Crippen LogP contribution in [-0.4, -0.2) is 17.8 Å². The van der Waals surface area contributed by atoms with Crippen molar-refractivity contribution in [1.82, 2.24) is 10.5 Å². The summed E-state index contributed by atoms with van der Waals surface area (Å²) in [5.74, 6) is 0.906. The molecule has 2 amide bonds. The summed E-state index contributed by atoms with van der Waals surface area (Å²) in [6, 6.07) is 4.12. The number of carbonyl (C=O) groups is 1. The summed E-state index contributed by atoms with van der Waals surface area (Å²) in [5, 5.41) is 9.73. The van der Waals surface area contributed by atoms with Gasteiger partial charge in [0.15, 0.2) is 17.3 Å². The van der Waals surface area contributed by atoms with Gasteiger partial charge in [0.25, 0.3) is 0 Å². The second-order valence-corrected chi connectivity index (χ2v) is 6.58. The molecule has 0 saturated heterocycles. The lowest BCUT2D eigenvalue weighted by Crippen LogP contribution is -2.32. The van der Waals surface area contributed by atoms with E-state index in [1.807, 2.05) is 0 Å². The van der Waals surface area contributed by atoms with Crippen LogP contribution in [0.4, 0.5) is 14.9 Å². The van der Waals surface area contributed by atoms with Crippen LogP contribution in [0, 0.1) is 12.7 Å². The van der Waals surface area contributed by atoms with Crippen molar-refractivity contribution in [2.45, 2.75) is 44.6 Å². The average Bonchev–Trinajstić information content (AvgIpc) is 3.38. The highest BCUT2D eigenvalue weighted by molar-refractivity contribution is 5.90. The van der Waals surface area contributed by atoms with Gasteiger partial charge in [-0.3, -0.25) is 0 Å². The van der Waals surface area contributed by atoms with E-state index in [1.54, 1.807) is 19.1 Å². The highest BCUT2D eigenvalue weighted by Crippen LogP contribution is 2.44. The van der Waals surface area contributed by atoms with E-state index in [-0.39, 0.29) is 17.8 Å². The van der Waals surface area contributed by atoms with Gasteiger partial charge in [-0.2, -0.15) is 0 Å². The number of fused-ring (bicyclic) bond motifs is 1. The summed E-state index contributed by atoms with van der Waals surface area (Å²) in [6.07, 6.45) is 3.52. The molecule has 0 bridgehead atoms. The Hall–Kier alpha value is -2.57. The molecule has 1 aliphatic heterocycles. The fourth-order valence-electron chi connectivity index (χ4n) is 3.19. The number of para-hydroxylation sites is 1. The molecule has 6 nitrogen and oxygen atoms in total. The molecular weight excluding hydrogens is 325 g/mol. The van der Waals surface area contributed by atoms with Gasteiger partial charge in [-0.1, -0.05) is 17.3 Å². The number of anilines is 1. The van der Waals surface area contributed by atoms with Crippen LogP contribution in [0.2, 0.25) is 0 Å². The van der Waals surface area contributed by atoms with Gasteiger partial charge in [0.2, 0.25) is 0 Å². The smallest absolute Gasteiger partial charge is 0.319 e. The van der Waals surface area contributed by atoms with Crippen molar-refractivity contribution in [3.63, 3.8) is 0 Å². The minimum absolute atomic E-state index is 0.227. The van der Waals surface area contributed by atoms with Gasteiger partial charge >= 0.3 is 6.03 Å². The van der Waals surface area contributed by atoms with E-state index in [0.717, 1.165) is 25.0 Å². The van der Waals surface area contributed by atoms with E-state index in [9.17, 15) is 9.18 Å². The summed E-state index contributed by atoms with van der Waals surface area (Å²) >= 11 is 0. The second kappa shape index (κ2) is 6.38. The Morgan fingerprint density at radius 2 is 2.16 bits per heavy atom. The number of halogens is 1. The first-order valence-electron chi connectivity index (χ1n) is 8.58. The van der Waals surface area contributed by atoms with Crippen LogP contribution < -0.4 is 15.4 Å². The van der Waals surface area contributed by atoms with Crippen molar-refractivity contribution in [2.75, 3.05) is 11.9 Å². The maximum atomic E-state index is 14.0.